The molecule has 4 heteroatoms. The first-order valence-electron chi connectivity index (χ1n) is 6.38. The number of nitrogens with zero attached hydrogens (tertiary/aromatic N) is 2. The molecule has 1 N–H and O–H groups in total. The lowest BCUT2D eigenvalue weighted by Crippen LogP contribution is -1.91. The van der Waals surface area contributed by atoms with Gasteiger partial charge < -0.3 is 0 Å². The summed E-state index contributed by atoms with van der Waals surface area (Å²) in [7, 11) is 0. The van der Waals surface area contributed by atoms with Gasteiger partial charge in [0, 0.05) is 21.9 Å². The van der Waals surface area contributed by atoms with Gasteiger partial charge >= 0.3 is 0 Å². The van der Waals surface area contributed by atoms with Gasteiger partial charge in [0.25, 0.3) is 0 Å². The van der Waals surface area contributed by atoms with E-state index >= 15 is 0 Å². The molecular weight excluding hydrogens is 254 g/mol. The number of aromatic nitrogens is 1. The summed E-state index contributed by atoms with van der Waals surface area (Å²) >= 11 is 1.80. The minimum atomic E-state index is 0.607. The van der Waals surface area contributed by atoms with Crippen LogP contribution in [0.5, 0.6) is 0 Å². The van der Waals surface area contributed by atoms with Gasteiger partial charge in [-0.05, 0) is 37.1 Å². The molecule has 0 bridgehead atoms. The van der Waals surface area contributed by atoms with Crippen LogP contribution >= 0.6 is 11.3 Å². The Balaban J connectivity index is 1.62. The summed E-state index contributed by atoms with van der Waals surface area (Å²) in [6, 6.07) is 10.0. The fourth-order valence-corrected chi connectivity index (χ4v) is 3.10. The van der Waals surface area contributed by atoms with Gasteiger partial charge in [-0.25, -0.2) is 4.98 Å². The van der Waals surface area contributed by atoms with Crippen LogP contribution in [-0.4, -0.2) is 11.2 Å². The second kappa shape index (κ2) is 5.80. The predicted octanol–water partition coefficient (Wildman–Crippen LogP) is 4.02. The quantitative estimate of drug-likeness (QED) is 0.517. The predicted molar refractivity (Wildman–Crippen MR) is 80.9 cm³/mol. The van der Waals surface area contributed by atoms with E-state index < -0.39 is 0 Å². The number of allylic oxidation sites excluding steroid dienone is 2. The van der Waals surface area contributed by atoms with Crippen LogP contribution in [0.1, 0.15) is 28.5 Å². The summed E-state index contributed by atoms with van der Waals surface area (Å²) in [5, 5.41) is 4.21. The van der Waals surface area contributed by atoms with Crippen molar-refractivity contribution in [1.82, 2.24) is 4.98 Å². The normalized spacial score (nSPS) is 18.2. The monoisotopic (exact) mass is 269 g/mol. The van der Waals surface area contributed by atoms with E-state index in [-0.39, 0.29) is 0 Å². The van der Waals surface area contributed by atoms with Crippen LogP contribution in [-0.2, 0) is 0 Å². The largest absolute Gasteiger partial charge is 0.261 e. The molecule has 0 saturated heterocycles. The van der Waals surface area contributed by atoms with Crippen molar-refractivity contribution < 1.29 is 0 Å². The SMILES string of the molecule is C1=CC(c2ccc(/C=N/Nc3ccccn3)s2)CC1. The van der Waals surface area contributed by atoms with Crippen molar-refractivity contribution in [2.75, 3.05) is 5.43 Å². The molecule has 2 aromatic heterocycles. The maximum absolute atomic E-state index is 4.21. The van der Waals surface area contributed by atoms with Gasteiger partial charge in [-0.2, -0.15) is 5.10 Å². The Morgan fingerprint density at radius 3 is 3.11 bits per heavy atom. The molecule has 0 fully saturated rings. The van der Waals surface area contributed by atoms with E-state index in [4.69, 9.17) is 0 Å². The average molecular weight is 269 g/mol. The van der Waals surface area contributed by atoms with Crippen molar-refractivity contribution >= 4 is 23.4 Å². The first-order chi connectivity index (χ1) is 9.42. The van der Waals surface area contributed by atoms with Crippen molar-refractivity contribution in [2.45, 2.75) is 18.8 Å². The Morgan fingerprint density at radius 2 is 2.32 bits per heavy atom. The molecule has 0 spiro atoms. The molecule has 3 rings (SSSR count). The lowest BCUT2D eigenvalue weighted by atomic mass is 10.1. The van der Waals surface area contributed by atoms with Gasteiger partial charge in [0.05, 0.1) is 6.21 Å². The van der Waals surface area contributed by atoms with Gasteiger partial charge in [0.15, 0.2) is 0 Å². The van der Waals surface area contributed by atoms with Crippen molar-refractivity contribution in [2.24, 2.45) is 5.10 Å². The first kappa shape index (κ1) is 12.1. The number of hydrazone groups is 1. The van der Waals surface area contributed by atoms with Crippen LogP contribution in [0.2, 0.25) is 0 Å². The van der Waals surface area contributed by atoms with Crippen molar-refractivity contribution in [3.63, 3.8) is 0 Å². The molecule has 0 amide bonds. The van der Waals surface area contributed by atoms with Crippen molar-refractivity contribution in [3.8, 4) is 0 Å². The van der Waals surface area contributed by atoms with Crippen LogP contribution in [0.25, 0.3) is 0 Å². The first-order valence-corrected chi connectivity index (χ1v) is 7.20. The van der Waals surface area contributed by atoms with E-state index in [0.29, 0.717) is 5.92 Å². The molecule has 1 aliphatic carbocycles. The highest BCUT2D eigenvalue weighted by molar-refractivity contribution is 7.13. The Labute approximate surface area is 116 Å². The van der Waals surface area contributed by atoms with Crippen molar-refractivity contribution in [3.05, 3.63) is 58.4 Å². The molecule has 1 aliphatic rings. The number of anilines is 1. The summed E-state index contributed by atoms with van der Waals surface area (Å²) in [5.41, 5.74) is 2.92. The van der Waals surface area contributed by atoms with E-state index in [1.807, 2.05) is 24.4 Å². The zero-order chi connectivity index (χ0) is 12.9. The minimum Gasteiger partial charge on any atom is -0.261 e. The van der Waals surface area contributed by atoms with E-state index in [9.17, 15) is 0 Å². The Bertz CT molecular complexity index is 586. The number of nitrogens with one attached hydrogen (secondary N) is 1. The summed E-state index contributed by atoms with van der Waals surface area (Å²) in [5.74, 6) is 1.37. The Kier molecular flexibility index (Phi) is 3.70. The molecule has 2 aromatic rings. The number of hydrogen-bond donors (Lipinski definition) is 1. The zero-order valence-electron chi connectivity index (χ0n) is 10.5. The van der Waals surface area contributed by atoms with Gasteiger partial charge in [-0.3, -0.25) is 5.43 Å². The van der Waals surface area contributed by atoms with Gasteiger partial charge in [0.1, 0.15) is 5.82 Å². The van der Waals surface area contributed by atoms with Crippen LogP contribution < -0.4 is 5.43 Å². The molecule has 19 heavy (non-hydrogen) atoms. The molecule has 0 saturated carbocycles. The molecule has 0 radical (unpaired) electrons. The van der Waals surface area contributed by atoms with E-state index in [2.05, 4.69) is 39.8 Å². The molecule has 96 valence electrons. The third-order valence-electron chi connectivity index (χ3n) is 3.06. The zero-order valence-corrected chi connectivity index (χ0v) is 11.3. The highest BCUT2D eigenvalue weighted by atomic mass is 32.1. The van der Waals surface area contributed by atoms with Crippen LogP contribution in [0, 0.1) is 0 Å². The van der Waals surface area contributed by atoms with E-state index in [0.717, 1.165) is 5.82 Å². The highest BCUT2D eigenvalue weighted by Crippen LogP contribution is 2.32. The summed E-state index contributed by atoms with van der Waals surface area (Å²) < 4.78 is 0. The molecule has 2 heterocycles. The fourth-order valence-electron chi connectivity index (χ4n) is 2.10. The second-order valence-electron chi connectivity index (χ2n) is 4.44. The number of rotatable bonds is 4. The Hall–Kier alpha value is -1.94. The van der Waals surface area contributed by atoms with Crippen LogP contribution in [0.4, 0.5) is 5.82 Å². The van der Waals surface area contributed by atoms with Crippen LogP contribution in [0.15, 0.2) is 53.8 Å². The number of hydrogen-bond acceptors (Lipinski definition) is 4. The third kappa shape index (κ3) is 3.09. The average Bonchev–Trinajstić information content (AvgIpc) is 3.10. The van der Waals surface area contributed by atoms with E-state index in [1.165, 1.54) is 22.6 Å². The standard InChI is InChI=1S/C15H15N3S/c1-2-6-12(5-1)14-9-8-13(19-14)11-17-18-15-7-3-4-10-16-15/h1,3-5,7-12H,2,6H2,(H,16,18)/b17-11+. The van der Waals surface area contributed by atoms with E-state index in [1.54, 1.807) is 17.5 Å². The lowest BCUT2D eigenvalue weighted by molar-refractivity contribution is 0.815. The molecule has 0 aliphatic heterocycles. The van der Waals surface area contributed by atoms with Gasteiger partial charge in [-0.1, -0.05) is 18.2 Å². The molecule has 0 aromatic carbocycles. The molecular formula is C15H15N3S. The summed E-state index contributed by atoms with van der Waals surface area (Å²) in [6.07, 6.45) is 10.6. The maximum atomic E-state index is 4.21. The number of pyridine rings is 1. The van der Waals surface area contributed by atoms with Crippen LogP contribution in [0.3, 0.4) is 0 Å². The summed E-state index contributed by atoms with van der Waals surface area (Å²) in [6.45, 7) is 0. The Morgan fingerprint density at radius 1 is 1.32 bits per heavy atom. The lowest BCUT2D eigenvalue weighted by Gasteiger charge is -2.01. The summed E-state index contributed by atoms with van der Waals surface area (Å²) in [4.78, 5) is 6.74. The third-order valence-corrected chi connectivity index (χ3v) is 4.21. The fraction of sp³-hybridized carbons (Fsp3) is 0.200. The van der Waals surface area contributed by atoms with Gasteiger partial charge in [0.2, 0.25) is 0 Å². The van der Waals surface area contributed by atoms with Gasteiger partial charge in [-0.15, -0.1) is 11.3 Å². The maximum Gasteiger partial charge on any atom is 0.146 e. The number of thiophene rings is 1. The highest BCUT2D eigenvalue weighted by Gasteiger charge is 2.13. The molecule has 1 atom stereocenters. The smallest absolute Gasteiger partial charge is 0.146 e. The second-order valence-corrected chi connectivity index (χ2v) is 5.58. The topological polar surface area (TPSA) is 37.3 Å². The minimum absolute atomic E-state index is 0.607. The molecule has 3 nitrogen and oxygen atoms in total. The molecule has 1 unspecified atom stereocenters. The van der Waals surface area contributed by atoms with Crippen molar-refractivity contribution in [1.29, 1.82) is 0 Å².